The van der Waals surface area contributed by atoms with Crippen LogP contribution in [0.25, 0.3) is 0 Å². The quantitative estimate of drug-likeness (QED) is 0.537. The van der Waals surface area contributed by atoms with Crippen LogP contribution in [-0.4, -0.2) is 34.5 Å². The van der Waals surface area contributed by atoms with E-state index in [0.29, 0.717) is 5.92 Å². The first-order valence-corrected chi connectivity index (χ1v) is 7.82. The Balaban J connectivity index is 1.52. The maximum atomic E-state index is 12.8. The van der Waals surface area contributed by atoms with Crippen LogP contribution in [0.15, 0.2) is 12.2 Å². The van der Waals surface area contributed by atoms with Crippen molar-refractivity contribution in [2.45, 2.75) is 50.4 Å². The van der Waals surface area contributed by atoms with Crippen molar-refractivity contribution >= 4 is 11.8 Å². The van der Waals surface area contributed by atoms with Gasteiger partial charge in [0.25, 0.3) is 0 Å². The molecule has 0 N–H and O–H groups in total. The molecule has 0 unspecified atom stereocenters. The molecule has 20 heavy (non-hydrogen) atoms. The van der Waals surface area contributed by atoms with E-state index in [9.17, 15) is 9.59 Å². The molecule has 0 radical (unpaired) electrons. The second kappa shape index (κ2) is 3.35. The lowest BCUT2D eigenvalue weighted by Gasteiger charge is -2.32. The largest absolute Gasteiger partial charge is 0.362 e. The van der Waals surface area contributed by atoms with Crippen molar-refractivity contribution in [3.8, 4) is 0 Å². The van der Waals surface area contributed by atoms with Crippen molar-refractivity contribution in [1.82, 2.24) is 4.90 Å². The van der Waals surface area contributed by atoms with Crippen LogP contribution in [0.4, 0.5) is 0 Å². The number of nitrogens with zero attached hydrogens (tertiary/aromatic N) is 1. The molecular weight excluding hydrogens is 254 g/mol. The Hall–Kier alpha value is -1.16. The van der Waals surface area contributed by atoms with Crippen LogP contribution in [0, 0.1) is 23.7 Å². The molecule has 4 bridgehead atoms. The summed E-state index contributed by atoms with van der Waals surface area (Å²) in [6.07, 6.45) is 8.51. The minimum absolute atomic E-state index is 0.0342. The first kappa shape index (κ1) is 11.5. The van der Waals surface area contributed by atoms with Crippen molar-refractivity contribution in [2.75, 3.05) is 0 Å². The van der Waals surface area contributed by atoms with E-state index >= 15 is 0 Å². The van der Waals surface area contributed by atoms with Gasteiger partial charge in [0.15, 0.2) is 0 Å². The summed E-state index contributed by atoms with van der Waals surface area (Å²) < 4.78 is 5.86. The highest BCUT2D eigenvalue weighted by Crippen LogP contribution is 2.55. The van der Waals surface area contributed by atoms with Gasteiger partial charge in [-0.1, -0.05) is 18.6 Å². The van der Waals surface area contributed by atoms with Crippen LogP contribution in [0.5, 0.6) is 0 Å². The normalized spacial score (nSPS) is 55.4. The minimum Gasteiger partial charge on any atom is -0.362 e. The average molecular weight is 273 g/mol. The molecule has 2 amide bonds. The summed E-state index contributed by atoms with van der Waals surface area (Å²) in [5, 5.41) is 0. The summed E-state index contributed by atoms with van der Waals surface area (Å²) in [5.74, 6) is 0.849. The van der Waals surface area contributed by atoms with E-state index < -0.39 is 5.60 Å². The van der Waals surface area contributed by atoms with Crippen LogP contribution in [0.1, 0.15) is 32.6 Å². The van der Waals surface area contributed by atoms with Gasteiger partial charge in [0.2, 0.25) is 11.8 Å². The SMILES string of the molecule is C[C@@]12C=C[C@@H](O1)[C@@H]1C(=O)N([C@@H]3C[C@H]4CC[C@H]3C4)C(=O)[C@H]12. The molecule has 5 rings (SSSR count). The fourth-order valence-corrected chi connectivity index (χ4v) is 5.53. The molecule has 0 aromatic heterocycles. The number of amides is 2. The number of ether oxygens (including phenoxy) is 1. The lowest BCUT2D eigenvalue weighted by atomic mass is 9.78. The number of likely N-dealkylation sites (tertiary alicyclic amines) is 1. The second-order valence-corrected chi connectivity index (χ2v) is 7.42. The molecule has 5 aliphatic rings. The highest BCUT2D eigenvalue weighted by Gasteiger charge is 2.67. The van der Waals surface area contributed by atoms with Gasteiger partial charge in [-0.25, -0.2) is 0 Å². The Labute approximate surface area is 118 Å². The van der Waals surface area contributed by atoms with Gasteiger partial charge >= 0.3 is 0 Å². The van der Waals surface area contributed by atoms with E-state index in [-0.39, 0.29) is 35.8 Å². The smallest absolute Gasteiger partial charge is 0.236 e. The van der Waals surface area contributed by atoms with Crippen LogP contribution < -0.4 is 0 Å². The van der Waals surface area contributed by atoms with Gasteiger partial charge in [-0.15, -0.1) is 0 Å². The molecule has 2 saturated heterocycles. The summed E-state index contributed by atoms with van der Waals surface area (Å²) in [5.41, 5.74) is -0.547. The Morgan fingerprint density at radius 1 is 1.25 bits per heavy atom. The number of hydrogen-bond acceptors (Lipinski definition) is 3. The van der Waals surface area contributed by atoms with Gasteiger partial charge in [-0.05, 0) is 38.0 Å². The molecule has 0 aromatic carbocycles. The molecule has 3 aliphatic heterocycles. The average Bonchev–Trinajstić information content (AvgIpc) is 3.15. The fourth-order valence-electron chi connectivity index (χ4n) is 5.53. The van der Waals surface area contributed by atoms with E-state index in [0.717, 1.165) is 12.3 Å². The summed E-state index contributed by atoms with van der Waals surface area (Å²) >= 11 is 0. The lowest BCUT2D eigenvalue weighted by molar-refractivity contribution is -0.147. The molecule has 2 saturated carbocycles. The number of hydrogen-bond donors (Lipinski definition) is 0. The maximum absolute atomic E-state index is 12.8. The topological polar surface area (TPSA) is 46.6 Å². The molecule has 7 atom stereocenters. The van der Waals surface area contributed by atoms with Gasteiger partial charge in [-0.3, -0.25) is 14.5 Å². The van der Waals surface area contributed by atoms with Crippen molar-refractivity contribution < 1.29 is 14.3 Å². The van der Waals surface area contributed by atoms with Crippen LogP contribution in [0.3, 0.4) is 0 Å². The van der Waals surface area contributed by atoms with Crippen LogP contribution in [-0.2, 0) is 14.3 Å². The lowest BCUT2D eigenvalue weighted by Crippen LogP contribution is -2.46. The molecule has 4 heteroatoms. The molecule has 4 fully saturated rings. The molecular formula is C16H19NO3. The highest BCUT2D eigenvalue weighted by atomic mass is 16.5. The second-order valence-electron chi connectivity index (χ2n) is 7.42. The first-order valence-electron chi connectivity index (χ1n) is 7.82. The summed E-state index contributed by atoms with van der Waals surface area (Å²) in [4.78, 5) is 27.3. The van der Waals surface area contributed by atoms with Crippen LogP contribution in [0.2, 0.25) is 0 Å². The third-order valence-corrected chi connectivity index (χ3v) is 6.40. The molecule has 106 valence electrons. The van der Waals surface area contributed by atoms with Crippen molar-refractivity contribution in [1.29, 1.82) is 0 Å². The van der Waals surface area contributed by atoms with Gasteiger partial charge < -0.3 is 4.74 Å². The molecule has 0 aromatic rings. The van der Waals surface area contributed by atoms with Gasteiger partial charge in [0.05, 0.1) is 23.5 Å². The maximum Gasteiger partial charge on any atom is 0.236 e. The number of rotatable bonds is 1. The standard InChI is InChI=1S/C16H19NO3/c1-16-5-4-11(20-16)12-13(16)15(19)17(14(12)18)10-7-8-2-3-9(10)6-8/h4-5,8-13H,2-3,6-7H2,1H3/t8-,9-,10+,11+,12-,13-,16-/m0/s1. The van der Waals surface area contributed by atoms with Gasteiger partial charge in [0.1, 0.15) is 0 Å². The molecule has 2 aliphatic carbocycles. The Kier molecular flexibility index (Phi) is 1.93. The van der Waals surface area contributed by atoms with Crippen molar-refractivity contribution in [3.05, 3.63) is 12.2 Å². The third kappa shape index (κ3) is 1.14. The predicted octanol–water partition coefficient (Wildman–Crippen LogP) is 1.50. The van der Waals surface area contributed by atoms with Crippen LogP contribution >= 0.6 is 0 Å². The van der Waals surface area contributed by atoms with Crippen molar-refractivity contribution in [2.24, 2.45) is 23.7 Å². The van der Waals surface area contributed by atoms with Crippen molar-refractivity contribution in [3.63, 3.8) is 0 Å². The van der Waals surface area contributed by atoms with E-state index in [2.05, 4.69) is 0 Å². The first-order chi connectivity index (χ1) is 9.58. The Morgan fingerprint density at radius 2 is 2.10 bits per heavy atom. The number of carbonyl (C=O) groups excluding carboxylic acids is 2. The zero-order chi connectivity index (χ0) is 13.6. The monoisotopic (exact) mass is 273 g/mol. The van der Waals surface area contributed by atoms with E-state index in [1.54, 1.807) is 4.90 Å². The number of carbonyl (C=O) groups is 2. The molecule has 3 heterocycles. The fraction of sp³-hybridized carbons (Fsp3) is 0.750. The Bertz CT molecular complexity index is 556. The summed E-state index contributed by atoms with van der Waals surface area (Å²) in [7, 11) is 0. The summed E-state index contributed by atoms with van der Waals surface area (Å²) in [6.45, 7) is 1.95. The summed E-state index contributed by atoms with van der Waals surface area (Å²) in [6, 6.07) is 0.183. The minimum atomic E-state index is -0.547. The predicted molar refractivity (Wildman–Crippen MR) is 70.5 cm³/mol. The zero-order valence-electron chi connectivity index (χ0n) is 11.6. The van der Waals surface area contributed by atoms with Gasteiger partial charge in [0, 0.05) is 6.04 Å². The van der Waals surface area contributed by atoms with Gasteiger partial charge in [-0.2, -0.15) is 0 Å². The number of imide groups is 1. The zero-order valence-corrected chi connectivity index (χ0v) is 11.6. The Morgan fingerprint density at radius 3 is 2.75 bits per heavy atom. The molecule has 4 nitrogen and oxygen atoms in total. The third-order valence-electron chi connectivity index (χ3n) is 6.40. The van der Waals surface area contributed by atoms with E-state index in [4.69, 9.17) is 4.74 Å². The van der Waals surface area contributed by atoms with E-state index in [1.807, 2.05) is 19.1 Å². The molecule has 0 spiro atoms. The van der Waals surface area contributed by atoms with E-state index in [1.165, 1.54) is 19.3 Å². The number of fused-ring (bicyclic) bond motifs is 7. The highest BCUT2D eigenvalue weighted by molar-refractivity contribution is 6.07.